The Morgan fingerprint density at radius 2 is 1.87 bits per heavy atom. The maximum Gasteiger partial charge on any atom is 0.258 e. The number of nitrogens with zero attached hydrogens (tertiary/aromatic N) is 2. The Balaban J connectivity index is 1.54. The number of likely N-dealkylation sites (tertiary alicyclic amines) is 1. The molecule has 0 spiro atoms. The Hall–Kier alpha value is -2.74. The Bertz CT molecular complexity index is 1020. The molecular formula is C22H23N2O5S-. The van der Waals surface area contributed by atoms with Gasteiger partial charge in [-0.25, -0.2) is 0 Å². The summed E-state index contributed by atoms with van der Waals surface area (Å²) in [6.07, 6.45) is 0.956. The van der Waals surface area contributed by atoms with Gasteiger partial charge >= 0.3 is 0 Å². The van der Waals surface area contributed by atoms with Gasteiger partial charge in [-0.05, 0) is 42.2 Å². The molecule has 7 nitrogen and oxygen atoms in total. The Kier molecular flexibility index (Phi) is 5.85. The summed E-state index contributed by atoms with van der Waals surface area (Å²) in [6, 6.07) is 11.3. The van der Waals surface area contributed by atoms with E-state index < -0.39 is 5.97 Å². The smallest absolute Gasteiger partial charge is 0.258 e. The lowest BCUT2D eigenvalue weighted by atomic mass is 9.82. The number of rotatable bonds is 6. The number of aromatic nitrogens is 1. The van der Waals surface area contributed by atoms with Crippen LogP contribution in [-0.4, -0.2) is 53.0 Å². The topological polar surface area (TPSA) is 91.7 Å². The molecule has 158 valence electrons. The van der Waals surface area contributed by atoms with Crippen LogP contribution in [0.4, 0.5) is 0 Å². The maximum absolute atomic E-state index is 13.2. The number of carboxylic acids is 1. The number of hydrogen-bond donors (Lipinski definition) is 0. The lowest BCUT2D eigenvalue weighted by Gasteiger charge is -2.43. The van der Waals surface area contributed by atoms with Crippen molar-refractivity contribution in [1.82, 2.24) is 9.47 Å². The molecule has 8 heteroatoms. The molecule has 1 aromatic carbocycles. The van der Waals surface area contributed by atoms with Crippen molar-refractivity contribution in [3.05, 3.63) is 52.4 Å². The molecule has 2 aliphatic rings. The van der Waals surface area contributed by atoms with Gasteiger partial charge in [0.2, 0.25) is 5.91 Å². The second-order valence-corrected chi connectivity index (χ2v) is 8.76. The van der Waals surface area contributed by atoms with Gasteiger partial charge in [-0.15, -0.1) is 11.8 Å². The van der Waals surface area contributed by atoms with Crippen molar-refractivity contribution in [2.45, 2.75) is 18.9 Å². The summed E-state index contributed by atoms with van der Waals surface area (Å²) in [5.41, 5.74) is 2.48. The zero-order valence-electron chi connectivity index (χ0n) is 16.7. The molecule has 1 amide bonds. The second kappa shape index (κ2) is 8.55. The van der Waals surface area contributed by atoms with Gasteiger partial charge in [-0.1, -0.05) is 12.1 Å². The van der Waals surface area contributed by atoms with Crippen LogP contribution in [0.5, 0.6) is 5.75 Å². The number of ether oxygens (including phenoxy) is 1. The van der Waals surface area contributed by atoms with E-state index in [0.29, 0.717) is 25.2 Å². The lowest BCUT2D eigenvalue weighted by molar-refractivity contribution is -0.301. The molecule has 0 radical (unpaired) electrons. The fourth-order valence-corrected chi connectivity index (χ4v) is 5.08. The third-order valence-corrected chi connectivity index (χ3v) is 6.69. The van der Waals surface area contributed by atoms with Crippen LogP contribution in [0.15, 0.2) is 41.2 Å². The number of aliphatic carboxylic acids is 1. The fraction of sp³-hybridized carbons (Fsp3) is 0.409. The summed E-state index contributed by atoms with van der Waals surface area (Å²) in [5, 5.41) is 10.6. The molecule has 2 aliphatic heterocycles. The van der Waals surface area contributed by atoms with Gasteiger partial charge in [0.05, 0.1) is 18.8 Å². The molecule has 0 unspecified atom stereocenters. The van der Waals surface area contributed by atoms with E-state index in [-0.39, 0.29) is 34.8 Å². The number of pyridine rings is 1. The van der Waals surface area contributed by atoms with E-state index in [1.165, 1.54) is 0 Å². The van der Waals surface area contributed by atoms with Crippen molar-refractivity contribution < 1.29 is 19.4 Å². The van der Waals surface area contributed by atoms with E-state index >= 15 is 0 Å². The standard InChI is InChI=1S/C22H24N2O5S/c1-29-17-4-2-15(3-5-17)18-6-7-19-16-8-14(10-24(19)22(18)28)9-23(11-16)20(25)12-30-13-21(26)27/h2-7,14,16H,8-13H2,1H3,(H,26,27)/p-1/t14-,16+/m0/s1. The molecular weight excluding hydrogens is 404 g/mol. The minimum atomic E-state index is -1.16. The lowest BCUT2D eigenvalue weighted by Crippen LogP contribution is -2.49. The number of carbonyl (C=O) groups is 2. The third kappa shape index (κ3) is 4.09. The number of carbonyl (C=O) groups excluding carboxylic acids is 2. The molecule has 0 saturated carbocycles. The van der Waals surface area contributed by atoms with Gasteiger partial charge in [0.25, 0.3) is 5.56 Å². The fourth-order valence-electron chi connectivity index (χ4n) is 4.45. The maximum atomic E-state index is 13.2. The van der Waals surface area contributed by atoms with Gasteiger partial charge in [0, 0.05) is 42.6 Å². The molecule has 1 aromatic heterocycles. The molecule has 30 heavy (non-hydrogen) atoms. The van der Waals surface area contributed by atoms with Gasteiger partial charge in [-0.3, -0.25) is 9.59 Å². The average molecular weight is 428 g/mol. The van der Waals surface area contributed by atoms with Crippen molar-refractivity contribution in [2.75, 3.05) is 31.7 Å². The van der Waals surface area contributed by atoms with Crippen LogP contribution in [0.25, 0.3) is 11.1 Å². The summed E-state index contributed by atoms with van der Waals surface area (Å²) in [4.78, 5) is 38.1. The normalized spacial score (nSPS) is 19.8. The minimum absolute atomic E-state index is 0.00310. The number of thioether (sulfide) groups is 1. The molecule has 0 aliphatic carbocycles. The van der Waals surface area contributed by atoms with Crippen molar-refractivity contribution >= 4 is 23.6 Å². The highest BCUT2D eigenvalue weighted by atomic mass is 32.2. The number of carboxylic acid groups (broad SMARTS) is 1. The van der Waals surface area contributed by atoms with Crippen molar-refractivity contribution in [3.8, 4) is 16.9 Å². The summed E-state index contributed by atoms with van der Waals surface area (Å²) in [6.45, 7) is 1.74. The van der Waals surface area contributed by atoms with E-state index in [9.17, 15) is 19.5 Å². The highest BCUT2D eigenvalue weighted by Gasteiger charge is 2.36. The van der Waals surface area contributed by atoms with Gasteiger partial charge in [0.15, 0.2) is 0 Å². The Morgan fingerprint density at radius 1 is 1.10 bits per heavy atom. The summed E-state index contributed by atoms with van der Waals surface area (Å²) in [7, 11) is 1.61. The number of amides is 1. The SMILES string of the molecule is COc1ccc(-c2ccc3n(c2=O)C[C@H]2C[C@@H]3CN(C(=O)CSCC(=O)[O-])C2)cc1. The number of piperidine rings is 1. The Morgan fingerprint density at radius 3 is 2.57 bits per heavy atom. The number of hydrogen-bond acceptors (Lipinski definition) is 6. The second-order valence-electron chi connectivity index (χ2n) is 7.78. The zero-order chi connectivity index (χ0) is 21.3. The first-order chi connectivity index (χ1) is 14.5. The van der Waals surface area contributed by atoms with Crippen LogP contribution < -0.4 is 15.4 Å². The quantitative estimate of drug-likeness (QED) is 0.682. The average Bonchev–Trinajstić information content (AvgIpc) is 2.74. The van der Waals surface area contributed by atoms with Crippen molar-refractivity contribution in [3.63, 3.8) is 0 Å². The minimum Gasteiger partial charge on any atom is -0.549 e. The highest BCUT2D eigenvalue weighted by Crippen LogP contribution is 2.36. The summed E-state index contributed by atoms with van der Waals surface area (Å²) in [5.74, 6) is -0.185. The number of fused-ring (bicyclic) bond motifs is 4. The highest BCUT2D eigenvalue weighted by molar-refractivity contribution is 8.00. The van der Waals surface area contributed by atoms with E-state index in [1.807, 2.05) is 45.9 Å². The van der Waals surface area contributed by atoms with Crippen molar-refractivity contribution in [2.24, 2.45) is 5.92 Å². The first-order valence-corrected chi connectivity index (χ1v) is 11.0. The zero-order valence-corrected chi connectivity index (χ0v) is 17.5. The predicted molar refractivity (Wildman–Crippen MR) is 112 cm³/mol. The molecule has 1 saturated heterocycles. The van der Waals surface area contributed by atoms with Crippen LogP contribution >= 0.6 is 11.8 Å². The molecule has 1 fully saturated rings. The van der Waals surface area contributed by atoms with E-state index in [4.69, 9.17) is 4.74 Å². The van der Waals surface area contributed by atoms with Gasteiger partial charge < -0.3 is 24.1 Å². The summed E-state index contributed by atoms with van der Waals surface area (Å²) >= 11 is 1.06. The van der Waals surface area contributed by atoms with E-state index in [0.717, 1.165) is 35.2 Å². The first-order valence-electron chi connectivity index (χ1n) is 9.89. The van der Waals surface area contributed by atoms with Crippen LogP contribution in [0.3, 0.4) is 0 Å². The summed E-state index contributed by atoms with van der Waals surface area (Å²) < 4.78 is 7.06. The molecule has 2 aromatic rings. The molecule has 0 N–H and O–H groups in total. The molecule has 2 bridgehead atoms. The molecule has 4 rings (SSSR count). The molecule has 3 heterocycles. The van der Waals surface area contributed by atoms with Crippen molar-refractivity contribution in [1.29, 1.82) is 0 Å². The largest absolute Gasteiger partial charge is 0.549 e. The number of methoxy groups -OCH3 is 1. The molecule has 2 atom stereocenters. The third-order valence-electron chi connectivity index (χ3n) is 5.80. The van der Waals surface area contributed by atoms with E-state index in [1.54, 1.807) is 7.11 Å². The van der Waals surface area contributed by atoms with Gasteiger partial charge in [0.1, 0.15) is 5.75 Å². The number of benzene rings is 1. The van der Waals surface area contributed by atoms with Crippen LogP contribution in [0, 0.1) is 5.92 Å². The van der Waals surface area contributed by atoms with Crippen LogP contribution in [0.2, 0.25) is 0 Å². The van der Waals surface area contributed by atoms with Crippen LogP contribution in [0.1, 0.15) is 18.0 Å². The first kappa shape index (κ1) is 20.5. The monoisotopic (exact) mass is 427 g/mol. The van der Waals surface area contributed by atoms with Crippen LogP contribution in [-0.2, 0) is 16.1 Å². The Labute approximate surface area is 178 Å². The van der Waals surface area contributed by atoms with E-state index in [2.05, 4.69) is 0 Å². The predicted octanol–water partition coefficient (Wildman–Crippen LogP) is 0.953. The van der Waals surface area contributed by atoms with Gasteiger partial charge in [-0.2, -0.15) is 0 Å².